The smallest absolute Gasteiger partial charge is 0.203 e. The highest BCUT2D eigenvalue weighted by Gasteiger charge is 2.22. The van der Waals surface area contributed by atoms with Crippen LogP contribution in [-0.4, -0.2) is 13.6 Å². The summed E-state index contributed by atoms with van der Waals surface area (Å²) in [7, 11) is 1.95. The molecule has 15 heavy (non-hydrogen) atoms. The minimum absolute atomic E-state index is 0.121. The van der Waals surface area contributed by atoms with E-state index in [1.165, 1.54) is 0 Å². The molecule has 3 heteroatoms. The molecule has 0 atom stereocenters. The van der Waals surface area contributed by atoms with E-state index in [4.69, 9.17) is 4.42 Å². The third-order valence-electron chi connectivity index (χ3n) is 2.91. The molecular formula is C12H11NO2. The lowest BCUT2D eigenvalue weighted by Gasteiger charge is -2.10. The molecule has 0 spiro atoms. The van der Waals surface area contributed by atoms with Crippen molar-refractivity contribution in [1.82, 2.24) is 0 Å². The van der Waals surface area contributed by atoms with Crippen molar-refractivity contribution in [3.8, 4) is 0 Å². The molecule has 1 aliphatic rings. The summed E-state index contributed by atoms with van der Waals surface area (Å²) in [6, 6.07) is 7.40. The molecule has 3 rings (SSSR count). The second-order valence-corrected chi connectivity index (χ2v) is 3.88. The number of para-hydroxylation sites is 1. The SMILES string of the molecule is CN1CCc2c1oc1ccccc1c2=O. The molecule has 0 saturated heterocycles. The van der Waals surface area contributed by atoms with Crippen LogP contribution in [0.4, 0.5) is 5.88 Å². The molecule has 1 aliphatic heterocycles. The van der Waals surface area contributed by atoms with Crippen molar-refractivity contribution in [2.24, 2.45) is 0 Å². The lowest BCUT2D eigenvalue weighted by molar-refractivity contribution is 0.599. The van der Waals surface area contributed by atoms with Gasteiger partial charge in [0.1, 0.15) is 5.58 Å². The zero-order valence-corrected chi connectivity index (χ0v) is 8.49. The van der Waals surface area contributed by atoms with E-state index >= 15 is 0 Å². The van der Waals surface area contributed by atoms with Crippen LogP contribution < -0.4 is 10.3 Å². The maximum absolute atomic E-state index is 12.1. The number of hydrogen-bond acceptors (Lipinski definition) is 3. The summed E-state index contributed by atoms with van der Waals surface area (Å²) in [6.07, 6.45) is 0.791. The average molecular weight is 201 g/mol. The zero-order chi connectivity index (χ0) is 10.4. The van der Waals surface area contributed by atoms with E-state index in [0.717, 1.165) is 24.4 Å². The maximum atomic E-state index is 12.1. The quantitative estimate of drug-likeness (QED) is 0.651. The van der Waals surface area contributed by atoms with Gasteiger partial charge in [0, 0.05) is 13.6 Å². The summed E-state index contributed by atoms with van der Waals surface area (Å²) in [5, 5.41) is 0.687. The second-order valence-electron chi connectivity index (χ2n) is 3.88. The Hall–Kier alpha value is -1.77. The summed E-state index contributed by atoms with van der Waals surface area (Å²) in [6.45, 7) is 0.865. The first-order chi connectivity index (χ1) is 7.27. The molecule has 76 valence electrons. The molecule has 0 fully saturated rings. The van der Waals surface area contributed by atoms with Crippen molar-refractivity contribution >= 4 is 16.9 Å². The van der Waals surface area contributed by atoms with Crippen molar-refractivity contribution in [2.45, 2.75) is 6.42 Å². The van der Waals surface area contributed by atoms with E-state index in [1.807, 2.05) is 36.2 Å². The molecule has 0 unspecified atom stereocenters. The molecule has 1 aromatic carbocycles. The normalized spacial score (nSPS) is 14.6. The maximum Gasteiger partial charge on any atom is 0.203 e. The minimum atomic E-state index is 0.121. The first kappa shape index (κ1) is 8.53. The van der Waals surface area contributed by atoms with Crippen LogP contribution in [0.25, 0.3) is 11.0 Å². The minimum Gasteiger partial charge on any atom is -0.440 e. The average Bonchev–Trinajstić information content (AvgIpc) is 2.62. The van der Waals surface area contributed by atoms with Crippen LogP contribution in [0, 0.1) is 0 Å². The Kier molecular flexibility index (Phi) is 1.63. The van der Waals surface area contributed by atoms with Crippen LogP contribution in [0.1, 0.15) is 5.56 Å². The second kappa shape index (κ2) is 2.86. The van der Waals surface area contributed by atoms with E-state index in [2.05, 4.69) is 0 Å². The molecular weight excluding hydrogens is 190 g/mol. The highest BCUT2D eigenvalue weighted by Crippen LogP contribution is 2.27. The summed E-state index contributed by atoms with van der Waals surface area (Å²) in [5.74, 6) is 0.735. The fourth-order valence-electron chi connectivity index (χ4n) is 2.08. The van der Waals surface area contributed by atoms with Crippen LogP contribution in [0.5, 0.6) is 0 Å². The molecule has 2 aromatic rings. The fourth-order valence-corrected chi connectivity index (χ4v) is 2.08. The van der Waals surface area contributed by atoms with E-state index in [0.29, 0.717) is 11.0 Å². The summed E-state index contributed by atoms with van der Waals surface area (Å²) in [4.78, 5) is 14.1. The van der Waals surface area contributed by atoms with Crippen molar-refractivity contribution in [3.05, 3.63) is 40.1 Å². The lowest BCUT2D eigenvalue weighted by atomic mass is 10.1. The Morgan fingerprint density at radius 2 is 2.13 bits per heavy atom. The molecule has 0 amide bonds. The van der Waals surface area contributed by atoms with Crippen LogP contribution in [-0.2, 0) is 6.42 Å². The Morgan fingerprint density at radius 3 is 3.00 bits per heavy atom. The van der Waals surface area contributed by atoms with Crippen LogP contribution in [0.2, 0.25) is 0 Å². The van der Waals surface area contributed by atoms with Crippen LogP contribution >= 0.6 is 0 Å². The van der Waals surface area contributed by atoms with E-state index in [1.54, 1.807) is 0 Å². The van der Waals surface area contributed by atoms with Crippen molar-refractivity contribution in [3.63, 3.8) is 0 Å². The van der Waals surface area contributed by atoms with Gasteiger partial charge >= 0.3 is 0 Å². The first-order valence-electron chi connectivity index (χ1n) is 5.03. The molecule has 0 bridgehead atoms. The summed E-state index contributed by atoms with van der Waals surface area (Å²) >= 11 is 0. The molecule has 0 N–H and O–H groups in total. The van der Waals surface area contributed by atoms with Gasteiger partial charge in [0.25, 0.3) is 0 Å². The number of hydrogen-bond donors (Lipinski definition) is 0. The number of fused-ring (bicyclic) bond motifs is 2. The van der Waals surface area contributed by atoms with Gasteiger partial charge in [-0.1, -0.05) is 12.1 Å². The largest absolute Gasteiger partial charge is 0.440 e. The Balaban J connectivity index is 2.46. The van der Waals surface area contributed by atoms with Crippen molar-refractivity contribution in [2.75, 3.05) is 18.5 Å². The highest BCUT2D eigenvalue weighted by molar-refractivity contribution is 5.79. The monoisotopic (exact) mass is 201 g/mol. The van der Waals surface area contributed by atoms with Crippen molar-refractivity contribution in [1.29, 1.82) is 0 Å². The lowest BCUT2D eigenvalue weighted by Crippen LogP contribution is -2.12. The van der Waals surface area contributed by atoms with Gasteiger partial charge in [-0.05, 0) is 18.6 Å². The number of benzene rings is 1. The van der Waals surface area contributed by atoms with E-state index < -0.39 is 0 Å². The standard InChI is InChI=1S/C12H11NO2/c1-13-7-6-9-11(14)8-4-2-3-5-10(8)15-12(9)13/h2-5H,6-7H2,1H3. The molecule has 3 nitrogen and oxygen atoms in total. The molecule has 0 saturated carbocycles. The van der Waals surface area contributed by atoms with Gasteiger partial charge in [0.05, 0.1) is 10.9 Å². The number of anilines is 1. The molecule has 0 radical (unpaired) electrons. The Bertz CT molecular complexity index is 586. The molecule has 2 heterocycles. The van der Waals surface area contributed by atoms with Gasteiger partial charge in [0.2, 0.25) is 5.88 Å². The topological polar surface area (TPSA) is 33.5 Å². The molecule has 0 aliphatic carbocycles. The van der Waals surface area contributed by atoms with Crippen molar-refractivity contribution < 1.29 is 4.42 Å². The highest BCUT2D eigenvalue weighted by atomic mass is 16.4. The predicted molar refractivity (Wildman–Crippen MR) is 59.5 cm³/mol. The first-order valence-corrected chi connectivity index (χ1v) is 5.03. The zero-order valence-electron chi connectivity index (χ0n) is 8.49. The third-order valence-corrected chi connectivity index (χ3v) is 2.91. The van der Waals surface area contributed by atoms with Gasteiger partial charge in [-0.15, -0.1) is 0 Å². The predicted octanol–water partition coefficient (Wildman–Crippen LogP) is 1.79. The number of likely N-dealkylation sites (N-methyl/N-ethyl adjacent to an activating group) is 1. The van der Waals surface area contributed by atoms with E-state index in [9.17, 15) is 4.79 Å². The summed E-state index contributed by atoms with van der Waals surface area (Å²) < 4.78 is 5.72. The van der Waals surface area contributed by atoms with Gasteiger partial charge in [-0.2, -0.15) is 0 Å². The van der Waals surface area contributed by atoms with Gasteiger partial charge in [-0.3, -0.25) is 4.79 Å². The Morgan fingerprint density at radius 1 is 1.33 bits per heavy atom. The third kappa shape index (κ3) is 1.09. The number of rotatable bonds is 0. The van der Waals surface area contributed by atoms with Crippen LogP contribution in [0.3, 0.4) is 0 Å². The van der Waals surface area contributed by atoms with Gasteiger partial charge in [0.15, 0.2) is 5.43 Å². The van der Waals surface area contributed by atoms with Gasteiger partial charge < -0.3 is 9.32 Å². The van der Waals surface area contributed by atoms with E-state index in [-0.39, 0.29) is 5.43 Å². The van der Waals surface area contributed by atoms with Gasteiger partial charge in [-0.25, -0.2) is 0 Å². The Labute approximate surface area is 86.9 Å². The number of nitrogens with zero attached hydrogens (tertiary/aromatic N) is 1. The summed E-state index contributed by atoms with van der Waals surface area (Å²) in [5.41, 5.74) is 1.61. The van der Waals surface area contributed by atoms with Crippen LogP contribution in [0.15, 0.2) is 33.5 Å². The molecule has 1 aromatic heterocycles. The fraction of sp³-hybridized carbons (Fsp3) is 0.250.